The Morgan fingerprint density at radius 1 is 1.35 bits per heavy atom. The summed E-state index contributed by atoms with van der Waals surface area (Å²) in [5.41, 5.74) is 0.631. The Labute approximate surface area is 119 Å². The van der Waals surface area contributed by atoms with Gasteiger partial charge in [-0.1, -0.05) is 6.92 Å². The van der Waals surface area contributed by atoms with Gasteiger partial charge in [-0.25, -0.2) is 4.68 Å². The van der Waals surface area contributed by atoms with Crippen LogP contribution in [0.1, 0.15) is 26.3 Å². The van der Waals surface area contributed by atoms with E-state index in [0.717, 1.165) is 31.9 Å². The van der Waals surface area contributed by atoms with Crippen LogP contribution in [0, 0.1) is 0 Å². The lowest BCUT2D eigenvalue weighted by molar-refractivity contribution is -0.121. The van der Waals surface area contributed by atoms with Gasteiger partial charge in [0.2, 0.25) is 0 Å². The van der Waals surface area contributed by atoms with Crippen molar-refractivity contribution in [1.29, 1.82) is 0 Å². The van der Waals surface area contributed by atoms with Crippen LogP contribution in [0.25, 0.3) is 0 Å². The van der Waals surface area contributed by atoms with E-state index < -0.39 is 6.04 Å². The summed E-state index contributed by atoms with van der Waals surface area (Å²) in [6, 6.07) is 1.09. The molecule has 1 aliphatic rings. The maximum atomic E-state index is 12.1. The smallest absolute Gasteiger partial charge is 0.269 e. The van der Waals surface area contributed by atoms with Gasteiger partial charge in [0.05, 0.1) is 11.9 Å². The SMILES string of the molecule is CCC(=O)C(C)n1ncc(N2CCN(C)CC2)cc1=O. The van der Waals surface area contributed by atoms with Crippen molar-refractivity contribution in [3.05, 3.63) is 22.6 Å². The minimum atomic E-state index is -0.492. The van der Waals surface area contributed by atoms with Gasteiger partial charge >= 0.3 is 0 Å². The zero-order chi connectivity index (χ0) is 14.7. The Morgan fingerprint density at radius 3 is 2.55 bits per heavy atom. The molecule has 0 aromatic carbocycles. The van der Waals surface area contributed by atoms with Crippen molar-refractivity contribution in [2.45, 2.75) is 26.3 Å². The highest BCUT2D eigenvalue weighted by Crippen LogP contribution is 2.13. The van der Waals surface area contributed by atoms with Crippen molar-refractivity contribution in [2.75, 3.05) is 38.1 Å². The highest BCUT2D eigenvalue weighted by molar-refractivity contribution is 5.81. The summed E-state index contributed by atoms with van der Waals surface area (Å²) in [7, 11) is 2.09. The molecule has 6 nitrogen and oxygen atoms in total. The Bertz CT molecular complexity index is 532. The van der Waals surface area contributed by atoms with Crippen LogP contribution in [0.4, 0.5) is 5.69 Å². The van der Waals surface area contributed by atoms with Gasteiger partial charge < -0.3 is 9.80 Å². The molecular weight excluding hydrogens is 256 g/mol. The van der Waals surface area contributed by atoms with Gasteiger partial charge in [0.1, 0.15) is 6.04 Å². The highest BCUT2D eigenvalue weighted by Gasteiger charge is 2.18. The number of hydrogen-bond acceptors (Lipinski definition) is 5. The number of Topliss-reactive ketones (excluding diaryl/α,β-unsaturated/α-hetero) is 1. The molecule has 0 bridgehead atoms. The largest absolute Gasteiger partial charge is 0.368 e. The number of ketones is 1. The summed E-state index contributed by atoms with van der Waals surface area (Å²) in [5.74, 6) is 0.0203. The third kappa shape index (κ3) is 3.07. The third-order valence-corrected chi connectivity index (χ3v) is 3.86. The molecule has 110 valence electrons. The maximum Gasteiger partial charge on any atom is 0.269 e. The first-order chi connectivity index (χ1) is 9.52. The van der Waals surface area contributed by atoms with Crippen molar-refractivity contribution >= 4 is 11.5 Å². The van der Waals surface area contributed by atoms with E-state index >= 15 is 0 Å². The molecular formula is C14H22N4O2. The van der Waals surface area contributed by atoms with E-state index in [-0.39, 0.29) is 11.3 Å². The number of hydrogen-bond donors (Lipinski definition) is 0. The minimum absolute atomic E-state index is 0.0203. The summed E-state index contributed by atoms with van der Waals surface area (Å²) in [6.45, 7) is 7.26. The number of carbonyl (C=O) groups is 1. The third-order valence-electron chi connectivity index (χ3n) is 3.86. The fourth-order valence-corrected chi connectivity index (χ4v) is 2.37. The monoisotopic (exact) mass is 278 g/mol. The molecule has 0 amide bonds. The number of nitrogens with zero attached hydrogens (tertiary/aromatic N) is 4. The van der Waals surface area contributed by atoms with E-state index in [0.29, 0.717) is 6.42 Å². The molecule has 2 rings (SSSR count). The molecule has 0 N–H and O–H groups in total. The quantitative estimate of drug-likeness (QED) is 0.804. The molecule has 1 aliphatic heterocycles. The normalized spacial score (nSPS) is 18.1. The van der Waals surface area contributed by atoms with Crippen molar-refractivity contribution < 1.29 is 4.79 Å². The summed E-state index contributed by atoms with van der Waals surface area (Å²) in [6.07, 6.45) is 2.10. The Kier molecular flexibility index (Phi) is 4.54. The summed E-state index contributed by atoms with van der Waals surface area (Å²) < 4.78 is 1.27. The lowest BCUT2D eigenvalue weighted by atomic mass is 10.2. The number of piperazine rings is 1. The Hall–Kier alpha value is -1.69. The lowest BCUT2D eigenvalue weighted by Crippen LogP contribution is -2.45. The van der Waals surface area contributed by atoms with E-state index in [4.69, 9.17) is 0 Å². The van der Waals surface area contributed by atoms with Crippen LogP contribution in [0.2, 0.25) is 0 Å². The second kappa shape index (κ2) is 6.17. The topological polar surface area (TPSA) is 58.4 Å². The predicted molar refractivity (Wildman–Crippen MR) is 78.2 cm³/mol. The fourth-order valence-electron chi connectivity index (χ4n) is 2.37. The average Bonchev–Trinajstić information content (AvgIpc) is 2.46. The van der Waals surface area contributed by atoms with Gasteiger partial charge in [-0.15, -0.1) is 0 Å². The van der Waals surface area contributed by atoms with Crippen molar-refractivity contribution in [3.8, 4) is 0 Å². The first kappa shape index (κ1) is 14.7. The zero-order valence-electron chi connectivity index (χ0n) is 12.4. The molecule has 1 unspecified atom stereocenters. The predicted octanol–water partition coefficient (Wildman–Crippen LogP) is 0.535. The molecule has 1 fully saturated rings. The van der Waals surface area contributed by atoms with Gasteiger partial charge in [0, 0.05) is 38.7 Å². The van der Waals surface area contributed by atoms with Gasteiger partial charge in [0.25, 0.3) is 5.56 Å². The van der Waals surface area contributed by atoms with Crippen LogP contribution in [0.3, 0.4) is 0 Å². The first-order valence-electron chi connectivity index (χ1n) is 7.08. The number of anilines is 1. The van der Waals surface area contributed by atoms with Gasteiger partial charge in [-0.3, -0.25) is 9.59 Å². The molecule has 0 spiro atoms. The van der Waals surface area contributed by atoms with Crippen LogP contribution >= 0.6 is 0 Å². The molecule has 6 heteroatoms. The summed E-state index contributed by atoms with van der Waals surface area (Å²) >= 11 is 0. The Morgan fingerprint density at radius 2 is 2.00 bits per heavy atom. The molecule has 1 saturated heterocycles. The van der Waals surface area contributed by atoms with E-state index in [1.165, 1.54) is 4.68 Å². The lowest BCUT2D eigenvalue weighted by Gasteiger charge is -2.33. The Balaban J connectivity index is 2.18. The molecule has 0 aliphatic carbocycles. The van der Waals surface area contributed by atoms with Crippen LogP contribution in [-0.2, 0) is 4.79 Å². The maximum absolute atomic E-state index is 12.1. The van der Waals surface area contributed by atoms with E-state index in [1.54, 1.807) is 26.1 Å². The molecule has 2 heterocycles. The number of likely N-dealkylation sites (N-methyl/N-ethyl adjacent to an activating group) is 1. The van der Waals surface area contributed by atoms with Crippen LogP contribution in [0.15, 0.2) is 17.1 Å². The minimum Gasteiger partial charge on any atom is -0.368 e. The van der Waals surface area contributed by atoms with Crippen LogP contribution < -0.4 is 10.5 Å². The van der Waals surface area contributed by atoms with Crippen LogP contribution in [0.5, 0.6) is 0 Å². The number of rotatable bonds is 4. The zero-order valence-corrected chi connectivity index (χ0v) is 12.4. The second-order valence-corrected chi connectivity index (χ2v) is 5.28. The number of aromatic nitrogens is 2. The molecule has 1 aromatic heterocycles. The average molecular weight is 278 g/mol. The molecule has 0 saturated carbocycles. The summed E-state index contributed by atoms with van der Waals surface area (Å²) in [4.78, 5) is 28.2. The van der Waals surface area contributed by atoms with E-state index in [2.05, 4.69) is 21.9 Å². The van der Waals surface area contributed by atoms with E-state index in [9.17, 15) is 9.59 Å². The van der Waals surface area contributed by atoms with Crippen molar-refractivity contribution in [3.63, 3.8) is 0 Å². The van der Waals surface area contributed by atoms with Crippen LogP contribution in [-0.4, -0.2) is 53.7 Å². The first-order valence-corrected chi connectivity index (χ1v) is 7.08. The summed E-state index contributed by atoms with van der Waals surface area (Å²) in [5, 5.41) is 4.17. The molecule has 1 atom stereocenters. The van der Waals surface area contributed by atoms with E-state index in [1.807, 2.05) is 0 Å². The van der Waals surface area contributed by atoms with Gasteiger partial charge in [-0.2, -0.15) is 5.10 Å². The fraction of sp³-hybridized carbons (Fsp3) is 0.643. The second-order valence-electron chi connectivity index (χ2n) is 5.28. The molecule has 20 heavy (non-hydrogen) atoms. The van der Waals surface area contributed by atoms with Crippen molar-refractivity contribution in [2.24, 2.45) is 0 Å². The molecule has 1 aromatic rings. The van der Waals surface area contributed by atoms with Gasteiger partial charge in [0.15, 0.2) is 5.78 Å². The van der Waals surface area contributed by atoms with Crippen molar-refractivity contribution in [1.82, 2.24) is 14.7 Å². The standard InChI is InChI=1S/C14H22N4O2/c1-4-13(19)11(2)18-14(20)9-12(10-15-18)17-7-5-16(3)6-8-17/h9-11H,4-8H2,1-3H3. The highest BCUT2D eigenvalue weighted by atomic mass is 16.1. The molecule has 0 radical (unpaired) electrons. The number of carbonyl (C=O) groups excluding carboxylic acids is 1. The van der Waals surface area contributed by atoms with Gasteiger partial charge in [-0.05, 0) is 14.0 Å².